The summed E-state index contributed by atoms with van der Waals surface area (Å²) in [4.78, 5) is 0. The summed E-state index contributed by atoms with van der Waals surface area (Å²) in [5.74, 6) is 0.861. The standard InChI is InChI=1S/C24H40OSi/c1-10-20(3)23(25-26(8,9)24(5,6)7)21(4)18-19(2)16-17-22-14-12-11-13-15-22/h10-15,18-20,23H,1,16-17H2,2-9H3/b21-18+/t19-,20+,23+/m0/s1. The third-order valence-electron chi connectivity index (χ3n) is 5.80. The lowest BCUT2D eigenvalue weighted by molar-refractivity contribution is 0.178. The molecule has 0 spiro atoms. The van der Waals surface area contributed by atoms with Gasteiger partial charge < -0.3 is 4.43 Å². The summed E-state index contributed by atoms with van der Waals surface area (Å²) >= 11 is 0. The number of hydrogen-bond acceptors (Lipinski definition) is 1. The zero-order valence-electron chi connectivity index (χ0n) is 18.3. The monoisotopic (exact) mass is 372 g/mol. The first kappa shape index (κ1) is 22.9. The van der Waals surface area contributed by atoms with Crippen molar-refractivity contribution in [3.05, 3.63) is 60.2 Å². The minimum atomic E-state index is -1.82. The molecule has 0 N–H and O–H groups in total. The molecule has 2 heteroatoms. The molecule has 0 saturated carbocycles. The van der Waals surface area contributed by atoms with Crippen LogP contribution < -0.4 is 0 Å². The van der Waals surface area contributed by atoms with Crippen molar-refractivity contribution < 1.29 is 4.43 Å². The molecule has 1 aromatic rings. The number of rotatable bonds is 9. The van der Waals surface area contributed by atoms with E-state index in [9.17, 15) is 0 Å². The van der Waals surface area contributed by atoms with Crippen molar-refractivity contribution in [3.63, 3.8) is 0 Å². The topological polar surface area (TPSA) is 9.23 Å². The molecule has 0 unspecified atom stereocenters. The van der Waals surface area contributed by atoms with Crippen molar-refractivity contribution in [1.29, 1.82) is 0 Å². The lowest BCUT2D eigenvalue weighted by Crippen LogP contribution is -2.45. The Balaban J connectivity index is 2.85. The van der Waals surface area contributed by atoms with Gasteiger partial charge >= 0.3 is 0 Å². The van der Waals surface area contributed by atoms with E-state index in [1.54, 1.807) is 0 Å². The van der Waals surface area contributed by atoms with Crippen LogP contribution >= 0.6 is 0 Å². The molecule has 0 aromatic heterocycles. The van der Waals surface area contributed by atoms with Gasteiger partial charge in [-0.05, 0) is 55.0 Å². The molecule has 0 saturated heterocycles. The van der Waals surface area contributed by atoms with Crippen LogP contribution in [0.3, 0.4) is 0 Å². The molecule has 1 rings (SSSR count). The molecule has 0 fully saturated rings. The molecule has 26 heavy (non-hydrogen) atoms. The SMILES string of the molecule is C=C[C@@H](C)[C@@H](O[Si](C)(C)C(C)(C)C)/C(C)=C/[C@@H](C)CCc1ccccc1. The van der Waals surface area contributed by atoms with Gasteiger partial charge in [0.15, 0.2) is 8.32 Å². The van der Waals surface area contributed by atoms with Crippen LogP contribution in [0.15, 0.2) is 54.6 Å². The van der Waals surface area contributed by atoms with Crippen LogP contribution in [0.4, 0.5) is 0 Å². The molecule has 146 valence electrons. The highest BCUT2D eigenvalue weighted by Crippen LogP contribution is 2.39. The van der Waals surface area contributed by atoms with Crippen molar-refractivity contribution in [2.75, 3.05) is 0 Å². The Morgan fingerprint density at radius 2 is 1.73 bits per heavy atom. The summed E-state index contributed by atoms with van der Waals surface area (Å²) in [6.45, 7) is 22.4. The van der Waals surface area contributed by atoms with E-state index < -0.39 is 8.32 Å². The number of allylic oxidation sites excluding steroid dienone is 1. The van der Waals surface area contributed by atoms with Gasteiger partial charge in [-0.15, -0.1) is 6.58 Å². The highest BCUT2D eigenvalue weighted by atomic mass is 28.4. The minimum Gasteiger partial charge on any atom is -0.410 e. The molecule has 0 bridgehead atoms. The fourth-order valence-corrected chi connectivity index (χ4v) is 4.29. The van der Waals surface area contributed by atoms with Gasteiger partial charge in [0.1, 0.15) is 0 Å². The molecule has 0 aliphatic rings. The van der Waals surface area contributed by atoms with Gasteiger partial charge in [0.25, 0.3) is 0 Å². The highest BCUT2D eigenvalue weighted by molar-refractivity contribution is 6.74. The summed E-state index contributed by atoms with van der Waals surface area (Å²) in [5.41, 5.74) is 2.77. The second-order valence-electron chi connectivity index (χ2n) is 9.31. The van der Waals surface area contributed by atoms with E-state index in [0.717, 1.165) is 12.8 Å². The number of aryl methyl sites for hydroxylation is 1. The van der Waals surface area contributed by atoms with Crippen molar-refractivity contribution in [1.82, 2.24) is 0 Å². The lowest BCUT2D eigenvalue weighted by Gasteiger charge is -2.41. The maximum absolute atomic E-state index is 6.78. The molecular formula is C24H40OSi. The first-order valence-electron chi connectivity index (χ1n) is 10.0. The highest BCUT2D eigenvalue weighted by Gasteiger charge is 2.40. The fraction of sp³-hybridized carbons (Fsp3) is 0.583. The van der Waals surface area contributed by atoms with Crippen LogP contribution in [0, 0.1) is 11.8 Å². The minimum absolute atomic E-state index is 0.132. The van der Waals surface area contributed by atoms with E-state index in [1.165, 1.54) is 11.1 Å². The van der Waals surface area contributed by atoms with Crippen molar-refractivity contribution in [2.45, 2.75) is 78.6 Å². The van der Waals surface area contributed by atoms with E-state index in [4.69, 9.17) is 4.43 Å². The summed E-state index contributed by atoms with van der Waals surface area (Å²) in [7, 11) is -1.82. The van der Waals surface area contributed by atoms with Crippen molar-refractivity contribution in [3.8, 4) is 0 Å². The molecule has 0 heterocycles. The Bertz CT molecular complexity index is 580. The van der Waals surface area contributed by atoms with Crippen molar-refractivity contribution in [2.24, 2.45) is 11.8 Å². The maximum Gasteiger partial charge on any atom is 0.192 e. The summed E-state index contributed by atoms with van der Waals surface area (Å²) < 4.78 is 6.78. The first-order chi connectivity index (χ1) is 12.0. The lowest BCUT2D eigenvalue weighted by atomic mass is 9.93. The Hall–Kier alpha value is -1.12. The average Bonchev–Trinajstić information content (AvgIpc) is 2.57. The summed E-state index contributed by atoms with van der Waals surface area (Å²) in [6, 6.07) is 10.8. The van der Waals surface area contributed by atoms with Gasteiger partial charge in [-0.3, -0.25) is 0 Å². The molecule has 3 atom stereocenters. The van der Waals surface area contributed by atoms with Crippen LogP contribution in [0.5, 0.6) is 0 Å². The van der Waals surface area contributed by atoms with Gasteiger partial charge in [-0.25, -0.2) is 0 Å². The van der Waals surface area contributed by atoms with Crippen LogP contribution in [-0.4, -0.2) is 14.4 Å². The molecule has 0 radical (unpaired) electrons. The normalized spacial score (nSPS) is 16.8. The Kier molecular flexibility index (Phi) is 8.56. The average molecular weight is 373 g/mol. The van der Waals surface area contributed by atoms with Gasteiger partial charge in [0, 0.05) is 5.92 Å². The predicted octanol–water partition coefficient (Wildman–Crippen LogP) is 7.41. The molecular weight excluding hydrogens is 332 g/mol. The van der Waals surface area contributed by atoms with Gasteiger partial charge in [-0.1, -0.05) is 77.1 Å². The molecule has 0 aliphatic carbocycles. The molecule has 0 aliphatic heterocycles. The van der Waals surface area contributed by atoms with Crippen molar-refractivity contribution >= 4 is 8.32 Å². The number of hydrogen-bond donors (Lipinski definition) is 0. The van der Waals surface area contributed by atoms with E-state index in [2.05, 4.69) is 97.6 Å². The smallest absolute Gasteiger partial charge is 0.192 e. The quantitative estimate of drug-likeness (QED) is 0.324. The Morgan fingerprint density at radius 3 is 2.23 bits per heavy atom. The summed E-state index contributed by atoms with van der Waals surface area (Å²) in [5, 5.41) is 0.214. The second kappa shape index (κ2) is 9.71. The largest absolute Gasteiger partial charge is 0.410 e. The first-order valence-corrected chi connectivity index (χ1v) is 12.9. The zero-order chi connectivity index (χ0) is 20.0. The van der Waals surface area contributed by atoms with Crippen LogP contribution in [0.25, 0.3) is 0 Å². The molecule has 1 aromatic carbocycles. The second-order valence-corrected chi connectivity index (χ2v) is 14.1. The fourth-order valence-electron chi connectivity index (χ4n) is 2.90. The van der Waals surface area contributed by atoms with Crippen LogP contribution in [0.2, 0.25) is 18.1 Å². The Morgan fingerprint density at radius 1 is 1.15 bits per heavy atom. The van der Waals surface area contributed by atoms with E-state index in [0.29, 0.717) is 11.8 Å². The van der Waals surface area contributed by atoms with Crippen LogP contribution in [-0.2, 0) is 10.8 Å². The van der Waals surface area contributed by atoms with Gasteiger partial charge in [0.05, 0.1) is 6.10 Å². The number of benzene rings is 1. The Labute approximate surface area is 163 Å². The summed E-state index contributed by atoms with van der Waals surface area (Å²) in [6.07, 6.45) is 6.87. The van der Waals surface area contributed by atoms with Gasteiger partial charge in [-0.2, -0.15) is 0 Å². The predicted molar refractivity (Wildman–Crippen MR) is 119 cm³/mol. The maximum atomic E-state index is 6.78. The third-order valence-corrected chi connectivity index (χ3v) is 10.3. The molecule has 0 amide bonds. The zero-order valence-corrected chi connectivity index (χ0v) is 19.3. The van der Waals surface area contributed by atoms with E-state index in [1.807, 2.05) is 6.08 Å². The van der Waals surface area contributed by atoms with Crippen LogP contribution in [0.1, 0.15) is 53.5 Å². The van der Waals surface area contributed by atoms with E-state index >= 15 is 0 Å². The van der Waals surface area contributed by atoms with E-state index in [-0.39, 0.29) is 11.1 Å². The molecule has 1 nitrogen and oxygen atoms in total. The third kappa shape index (κ3) is 6.89. The van der Waals surface area contributed by atoms with Gasteiger partial charge in [0.2, 0.25) is 0 Å².